The van der Waals surface area contributed by atoms with E-state index >= 15 is 0 Å². The number of H-pyrrole nitrogens is 1. The van der Waals surface area contributed by atoms with Crippen molar-refractivity contribution < 1.29 is 4.39 Å². The zero-order valence-corrected chi connectivity index (χ0v) is 17.1. The summed E-state index contributed by atoms with van der Waals surface area (Å²) in [5, 5.41) is 15.3. The van der Waals surface area contributed by atoms with Gasteiger partial charge in [-0.25, -0.2) is 9.38 Å². The molecule has 0 radical (unpaired) electrons. The lowest BCUT2D eigenvalue weighted by Crippen LogP contribution is -2.38. The summed E-state index contributed by atoms with van der Waals surface area (Å²) in [6.45, 7) is 3.92. The van der Waals surface area contributed by atoms with Crippen LogP contribution in [0.25, 0.3) is 10.9 Å². The number of aromatic amines is 1. The van der Waals surface area contributed by atoms with Crippen molar-refractivity contribution in [2.24, 2.45) is 12.0 Å². The number of nitrogens with zero attached hydrogens (tertiary/aromatic N) is 4. The Bertz CT molecular complexity index is 871. The number of fused-ring (bicyclic) bond motifs is 1. The van der Waals surface area contributed by atoms with Crippen LogP contribution in [0.5, 0.6) is 0 Å². The van der Waals surface area contributed by atoms with Crippen LogP contribution in [0.4, 0.5) is 4.39 Å². The standard InChI is InChI=1S/C17H22FN7.HI/c1-3-19-17(22-10-16-24-23-11-25(16)2)20-7-6-12-9-21-15-5-4-13(18)8-14(12)15;/h4-5,8-9,11,21H,3,6-7,10H2,1-2H3,(H2,19,20,22);1H. The van der Waals surface area contributed by atoms with Gasteiger partial charge in [0, 0.05) is 37.2 Å². The molecule has 3 rings (SSSR count). The first-order valence-electron chi connectivity index (χ1n) is 8.28. The van der Waals surface area contributed by atoms with Gasteiger partial charge in [0.25, 0.3) is 0 Å². The number of benzene rings is 1. The second kappa shape index (κ2) is 9.51. The molecule has 3 aromatic rings. The van der Waals surface area contributed by atoms with E-state index in [0.717, 1.165) is 41.2 Å². The van der Waals surface area contributed by atoms with Gasteiger partial charge in [-0.1, -0.05) is 0 Å². The van der Waals surface area contributed by atoms with E-state index in [1.165, 1.54) is 6.07 Å². The van der Waals surface area contributed by atoms with Gasteiger partial charge in [0.15, 0.2) is 11.8 Å². The second-order valence-electron chi connectivity index (χ2n) is 5.73. The van der Waals surface area contributed by atoms with Gasteiger partial charge in [0.1, 0.15) is 18.7 Å². The molecule has 0 fully saturated rings. The first kappa shape index (κ1) is 20.1. The summed E-state index contributed by atoms with van der Waals surface area (Å²) < 4.78 is 15.3. The number of aromatic nitrogens is 4. The number of aliphatic imine (C=N–C) groups is 1. The van der Waals surface area contributed by atoms with Crippen molar-refractivity contribution in [2.45, 2.75) is 19.9 Å². The summed E-state index contributed by atoms with van der Waals surface area (Å²) >= 11 is 0. The number of aryl methyl sites for hydroxylation is 1. The molecule has 140 valence electrons. The van der Waals surface area contributed by atoms with Crippen molar-refractivity contribution >= 4 is 40.8 Å². The molecule has 0 bridgehead atoms. The van der Waals surface area contributed by atoms with E-state index in [1.54, 1.807) is 18.5 Å². The number of hydrogen-bond donors (Lipinski definition) is 3. The molecule has 0 saturated heterocycles. The number of hydrogen-bond acceptors (Lipinski definition) is 3. The first-order valence-corrected chi connectivity index (χ1v) is 8.28. The molecule has 0 atom stereocenters. The highest BCUT2D eigenvalue weighted by molar-refractivity contribution is 14.0. The zero-order valence-electron chi connectivity index (χ0n) is 14.8. The Labute approximate surface area is 168 Å². The van der Waals surface area contributed by atoms with E-state index < -0.39 is 0 Å². The first-order chi connectivity index (χ1) is 12.2. The van der Waals surface area contributed by atoms with Crippen molar-refractivity contribution in [3.8, 4) is 0 Å². The minimum absolute atomic E-state index is 0. The Morgan fingerprint density at radius 2 is 2.19 bits per heavy atom. The molecule has 9 heteroatoms. The number of rotatable bonds is 6. The summed E-state index contributed by atoms with van der Waals surface area (Å²) in [7, 11) is 1.89. The molecule has 26 heavy (non-hydrogen) atoms. The molecule has 3 N–H and O–H groups in total. The second-order valence-corrected chi connectivity index (χ2v) is 5.73. The summed E-state index contributed by atoms with van der Waals surface area (Å²) in [5.74, 6) is 1.29. The third-order valence-corrected chi connectivity index (χ3v) is 3.94. The molecule has 0 aliphatic heterocycles. The molecular weight excluding hydrogens is 448 g/mol. The van der Waals surface area contributed by atoms with Crippen molar-refractivity contribution in [1.82, 2.24) is 30.4 Å². The van der Waals surface area contributed by atoms with E-state index in [0.29, 0.717) is 13.1 Å². The van der Waals surface area contributed by atoms with E-state index in [9.17, 15) is 4.39 Å². The summed E-state index contributed by atoms with van der Waals surface area (Å²) in [6, 6.07) is 4.78. The zero-order chi connectivity index (χ0) is 17.6. The van der Waals surface area contributed by atoms with E-state index in [4.69, 9.17) is 0 Å². The summed E-state index contributed by atoms with van der Waals surface area (Å²) in [5.41, 5.74) is 2.02. The topological polar surface area (TPSA) is 82.9 Å². The van der Waals surface area contributed by atoms with Gasteiger partial charge in [-0.15, -0.1) is 34.2 Å². The molecule has 0 aliphatic carbocycles. The maximum absolute atomic E-state index is 13.4. The Morgan fingerprint density at radius 3 is 2.92 bits per heavy atom. The SMILES string of the molecule is CCNC(=NCc1nncn1C)NCCc1c[nH]c2ccc(F)cc12.I. The van der Waals surface area contributed by atoms with Gasteiger partial charge in [-0.05, 0) is 37.1 Å². The van der Waals surface area contributed by atoms with Gasteiger partial charge in [-0.2, -0.15) is 0 Å². The summed E-state index contributed by atoms with van der Waals surface area (Å²) in [4.78, 5) is 7.69. The maximum atomic E-state index is 13.4. The van der Waals surface area contributed by atoms with Crippen LogP contribution >= 0.6 is 24.0 Å². The van der Waals surface area contributed by atoms with Gasteiger partial charge < -0.3 is 20.2 Å². The van der Waals surface area contributed by atoms with Crippen LogP contribution < -0.4 is 10.6 Å². The van der Waals surface area contributed by atoms with Crippen LogP contribution in [0.3, 0.4) is 0 Å². The quantitative estimate of drug-likeness (QED) is 0.293. The Kier molecular flexibility index (Phi) is 7.37. The van der Waals surface area contributed by atoms with E-state index in [2.05, 4.69) is 30.8 Å². The minimum atomic E-state index is -0.222. The molecule has 0 spiro atoms. The monoisotopic (exact) mass is 471 g/mol. The number of guanidine groups is 1. The fraction of sp³-hybridized carbons (Fsp3) is 0.353. The number of halogens is 2. The highest BCUT2D eigenvalue weighted by atomic mass is 127. The highest BCUT2D eigenvalue weighted by Gasteiger charge is 2.06. The summed E-state index contributed by atoms with van der Waals surface area (Å²) in [6.07, 6.45) is 4.34. The Hall–Kier alpha value is -2.17. The fourth-order valence-corrected chi connectivity index (χ4v) is 2.61. The molecule has 0 unspecified atom stereocenters. The molecule has 7 nitrogen and oxygen atoms in total. The highest BCUT2D eigenvalue weighted by Crippen LogP contribution is 2.19. The molecular formula is C17H23FIN7. The van der Waals surface area contributed by atoms with Crippen molar-refractivity contribution in [1.29, 1.82) is 0 Å². The molecule has 2 aromatic heterocycles. The number of nitrogens with one attached hydrogen (secondary N) is 3. The average molecular weight is 471 g/mol. The molecule has 0 saturated carbocycles. The van der Waals surface area contributed by atoms with E-state index in [-0.39, 0.29) is 29.8 Å². The van der Waals surface area contributed by atoms with Gasteiger partial charge in [-0.3, -0.25) is 0 Å². The third-order valence-electron chi connectivity index (χ3n) is 3.94. The maximum Gasteiger partial charge on any atom is 0.191 e. The lowest BCUT2D eigenvalue weighted by molar-refractivity contribution is 0.629. The smallest absolute Gasteiger partial charge is 0.191 e. The normalized spacial score (nSPS) is 11.4. The molecule has 0 aliphatic rings. The predicted molar refractivity (Wildman–Crippen MR) is 111 cm³/mol. The average Bonchev–Trinajstić information content (AvgIpc) is 3.19. The van der Waals surface area contributed by atoms with Crippen molar-refractivity contribution in [3.05, 3.63) is 47.9 Å². The van der Waals surface area contributed by atoms with Crippen LogP contribution in [-0.4, -0.2) is 38.8 Å². The molecule has 2 heterocycles. The van der Waals surface area contributed by atoms with E-state index in [1.807, 2.05) is 24.7 Å². The Balaban J connectivity index is 0.00000243. The van der Waals surface area contributed by atoms with Gasteiger partial charge >= 0.3 is 0 Å². The van der Waals surface area contributed by atoms with Crippen molar-refractivity contribution in [3.63, 3.8) is 0 Å². The molecule has 0 amide bonds. The lowest BCUT2D eigenvalue weighted by atomic mass is 10.1. The van der Waals surface area contributed by atoms with Crippen molar-refractivity contribution in [2.75, 3.05) is 13.1 Å². The van der Waals surface area contributed by atoms with Crippen LogP contribution in [0.15, 0.2) is 35.7 Å². The van der Waals surface area contributed by atoms with Gasteiger partial charge in [0.05, 0.1) is 0 Å². The van der Waals surface area contributed by atoms with Crippen LogP contribution in [0.2, 0.25) is 0 Å². The third kappa shape index (κ3) is 4.93. The van der Waals surface area contributed by atoms with Crippen LogP contribution in [-0.2, 0) is 20.0 Å². The van der Waals surface area contributed by atoms with Crippen LogP contribution in [0.1, 0.15) is 18.3 Å². The fourth-order valence-electron chi connectivity index (χ4n) is 2.61. The van der Waals surface area contributed by atoms with Gasteiger partial charge in [0.2, 0.25) is 0 Å². The molecule has 1 aromatic carbocycles. The van der Waals surface area contributed by atoms with Crippen LogP contribution in [0, 0.1) is 5.82 Å². The predicted octanol–water partition coefficient (Wildman–Crippen LogP) is 2.35. The minimum Gasteiger partial charge on any atom is -0.361 e. The largest absolute Gasteiger partial charge is 0.361 e. The Morgan fingerprint density at radius 1 is 1.35 bits per heavy atom. The lowest BCUT2D eigenvalue weighted by Gasteiger charge is -2.11.